The van der Waals surface area contributed by atoms with Gasteiger partial charge in [-0.05, 0) is 51.7 Å². The number of carbonyl (C=O) groups is 1. The first kappa shape index (κ1) is 16.2. The molecule has 6 nitrogen and oxygen atoms in total. The zero-order valence-electron chi connectivity index (χ0n) is 13.6. The van der Waals surface area contributed by atoms with Crippen LogP contribution < -0.4 is 5.32 Å². The Morgan fingerprint density at radius 2 is 2.17 bits per heavy atom. The Morgan fingerprint density at radius 1 is 1.48 bits per heavy atom. The molecule has 0 aromatic carbocycles. The molecule has 23 heavy (non-hydrogen) atoms. The standard InChI is InChI=1S/C16H21ClN4O2/c1-9-7-11(17)18-14-13(9)20-15(21(14)10-5-4-6-10)19-12(22)8-16(2,3)23/h7,10,23H,4-6,8H2,1-3H3,(H,19,20,22). The SMILES string of the molecule is Cc1cc(Cl)nc2c1nc(NC(=O)CC(C)(C)O)n2C1CCC1. The molecule has 1 fully saturated rings. The number of imidazole rings is 1. The Hall–Kier alpha value is -1.66. The monoisotopic (exact) mass is 336 g/mol. The molecule has 0 aliphatic heterocycles. The van der Waals surface area contributed by atoms with Gasteiger partial charge in [-0.1, -0.05) is 11.6 Å². The molecule has 1 saturated carbocycles. The fraction of sp³-hybridized carbons (Fsp3) is 0.562. The number of aromatic nitrogens is 3. The summed E-state index contributed by atoms with van der Waals surface area (Å²) < 4.78 is 1.97. The molecule has 0 bridgehead atoms. The Kier molecular flexibility index (Phi) is 4.06. The molecule has 0 saturated heterocycles. The zero-order chi connectivity index (χ0) is 16.8. The van der Waals surface area contributed by atoms with E-state index in [0.717, 1.165) is 30.3 Å². The fourth-order valence-corrected chi connectivity index (χ4v) is 3.06. The third kappa shape index (κ3) is 3.33. The number of anilines is 1. The summed E-state index contributed by atoms with van der Waals surface area (Å²) in [4.78, 5) is 21.1. The summed E-state index contributed by atoms with van der Waals surface area (Å²) in [6.07, 6.45) is 3.23. The van der Waals surface area contributed by atoms with Crippen molar-refractivity contribution < 1.29 is 9.90 Å². The number of hydrogen-bond acceptors (Lipinski definition) is 4. The van der Waals surface area contributed by atoms with Crippen molar-refractivity contribution in [1.82, 2.24) is 14.5 Å². The molecule has 1 aliphatic rings. The number of amides is 1. The van der Waals surface area contributed by atoms with Gasteiger partial charge in [0.2, 0.25) is 11.9 Å². The minimum Gasteiger partial charge on any atom is -0.390 e. The Balaban J connectivity index is 2.02. The van der Waals surface area contributed by atoms with Gasteiger partial charge in [-0.25, -0.2) is 9.97 Å². The number of nitrogens with zero attached hydrogens (tertiary/aromatic N) is 3. The fourth-order valence-electron chi connectivity index (χ4n) is 2.82. The summed E-state index contributed by atoms with van der Waals surface area (Å²) in [7, 11) is 0. The average Bonchev–Trinajstić information content (AvgIpc) is 2.64. The van der Waals surface area contributed by atoms with Crippen molar-refractivity contribution >= 4 is 34.6 Å². The number of halogens is 1. The van der Waals surface area contributed by atoms with Crippen LogP contribution in [-0.2, 0) is 4.79 Å². The van der Waals surface area contributed by atoms with Gasteiger partial charge in [0.25, 0.3) is 0 Å². The van der Waals surface area contributed by atoms with Crippen molar-refractivity contribution in [2.75, 3.05) is 5.32 Å². The van der Waals surface area contributed by atoms with Gasteiger partial charge in [0.05, 0.1) is 12.0 Å². The van der Waals surface area contributed by atoms with Crippen LogP contribution in [0.2, 0.25) is 5.15 Å². The topological polar surface area (TPSA) is 80.0 Å². The van der Waals surface area contributed by atoms with Crippen molar-refractivity contribution in [3.63, 3.8) is 0 Å². The second kappa shape index (κ2) is 5.76. The number of carbonyl (C=O) groups excluding carboxylic acids is 1. The summed E-state index contributed by atoms with van der Waals surface area (Å²) in [6.45, 7) is 5.14. The molecule has 2 aromatic rings. The normalized spacial score (nSPS) is 15.7. The first-order valence-electron chi connectivity index (χ1n) is 7.82. The number of nitrogens with one attached hydrogen (secondary N) is 1. The van der Waals surface area contributed by atoms with E-state index in [0.29, 0.717) is 16.7 Å². The third-order valence-corrected chi connectivity index (χ3v) is 4.29. The molecule has 7 heteroatoms. The Morgan fingerprint density at radius 3 is 2.74 bits per heavy atom. The third-order valence-electron chi connectivity index (χ3n) is 4.09. The maximum Gasteiger partial charge on any atom is 0.229 e. The molecule has 0 unspecified atom stereocenters. The number of fused-ring (bicyclic) bond motifs is 1. The molecule has 2 N–H and O–H groups in total. The first-order valence-corrected chi connectivity index (χ1v) is 8.20. The second-order valence-corrected chi connectivity index (χ2v) is 7.25. The highest BCUT2D eigenvalue weighted by atomic mass is 35.5. The first-order chi connectivity index (χ1) is 10.7. The van der Waals surface area contributed by atoms with Gasteiger partial charge in [0.15, 0.2) is 5.65 Å². The summed E-state index contributed by atoms with van der Waals surface area (Å²) in [5, 5.41) is 13.0. The number of hydrogen-bond donors (Lipinski definition) is 2. The van der Waals surface area contributed by atoms with Gasteiger partial charge >= 0.3 is 0 Å². The van der Waals surface area contributed by atoms with Gasteiger partial charge in [0, 0.05) is 6.04 Å². The number of pyridine rings is 1. The van der Waals surface area contributed by atoms with Crippen LogP contribution in [0.1, 0.15) is 51.1 Å². The van der Waals surface area contributed by atoms with Gasteiger partial charge in [-0.2, -0.15) is 0 Å². The largest absolute Gasteiger partial charge is 0.390 e. The average molecular weight is 337 g/mol. The van der Waals surface area contributed by atoms with Crippen molar-refractivity contribution in [3.8, 4) is 0 Å². The van der Waals surface area contributed by atoms with E-state index in [-0.39, 0.29) is 18.4 Å². The van der Waals surface area contributed by atoms with E-state index < -0.39 is 5.60 Å². The van der Waals surface area contributed by atoms with Crippen molar-refractivity contribution in [2.24, 2.45) is 0 Å². The molecule has 0 spiro atoms. The molecule has 3 rings (SSSR count). The van der Waals surface area contributed by atoms with Crippen LogP contribution in [0.3, 0.4) is 0 Å². The van der Waals surface area contributed by atoms with E-state index in [9.17, 15) is 9.90 Å². The molecule has 1 aliphatic carbocycles. The Labute approximate surface area is 139 Å². The van der Waals surface area contributed by atoms with Crippen LogP contribution in [0.15, 0.2) is 6.07 Å². The van der Waals surface area contributed by atoms with Crippen molar-refractivity contribution in [3.05, 3.63) is 16.8 Å². The lowest BCUT2D eigenvalue weighted by Gasteiger charge is -2.28. The van der Waals surface area contributed by atoms with Crippen LogP contribution >= 0.6 is 11.6 Å². The maximum absolute atomic E-state index is 12.2. The van der Waals surface area contributed by atoms with Gasteiger partial charge < -0.3 is 5.11 Å². The quantitative estimate of drug-likeness (QED) is 0.840. The van der Waals surface area contributed by atoms with Crippen LogP contribution in [0, 0.1) is 6.92 Å². The summed E-state index contributed by atoms with van der Waals surface area (Å²) in [6, 6.07) is 2.05. The van der Waals surface area contributed by atoms with E-state index in [1.807, 2.05) is 11.5 Å². The maximum atomic E-state index is 12.2. The van der Waals surface area contributed by atoms with Crippen LogP contribution in [0.25, 0.3) is 11.2 Å². The smallest absolute Gasteiger partial charge is 0.229 e. The number of aliphatic hydroxyl groups is 1. The van der Waals surface area contributed by atoms with Gasteiger partial charge in [-0.15, -0.1) is 0 Å². The van der Waals surface area contributed by atoms with Gasteiger partial charge in [-0.3, -0.25) is 14.7 Å². The van der Waals surface area contributed by atoms with Gasteiger partial charge in [0.1, 0.15) is 10.7 Å². The number of aryl methyl sites for hydroxylation is 1. The molecule has 2 aromatic heterocycles. The van der Waals surface area contributed by atoms with Crippen LogP contribution in [0.4, 0.5) is 5.95 Å². The molecule has 2 heterocycles. The molecular formula is C16H21ClN4O2. The molecule has 124 valence electrons. The van der Waals surface area contributed by atoms with E-state index >= 15 is 0 Å². The minimum atomic E-state index is -1.06. The van der Waals surface area contributed by atoms with E-state index in [1.54, 1.807) is 19.9 Å². The van der Waals surface area contributed by atoms with E-state index in [4.69, 9.17) is 11.6 Å². The highest BCUT2D eigenvalue weighted by molar-refractivity contribution is 6.29. The van der Waals surface area contributed by atoms with Crippen molar-refractivity contribution in [1.29, 1.82) is 0 Å². The summed E-state index contributed by atoms with van der Waals surface area (Å²) >= 11 is 6.09. The van der Waals surface area contributed by atoms with Crippen LogP contribution in [0.5, 0.6) is 0 Å². The lowest BCUT2D eigenvalue weighted by atomic mass is 9.93. The lowest BCUT2D eigenvalue weighted by Crippen LogP contribution is -2.29. The van der Waals surface area contributed by atoms with Crippen LogP contribution in [-0.4, -0.2) is 31.1 Å². The van der Waals surface area contributed by atoms with E-state index in [1.165, 1.54) is 0 Å². The van der Waals surface area contributed by atoms with Crippen molar-refractivity contribution in [2.45, 2.75) is 58.1 Å². The minimum absolute atomic E-state index is 0.00797. The molecule has 0 atom stereocenters. The highest BCUT2D eigenvalue weighted by Crippen LogP contribution is 2.37. The predicted octanol–water partition coefficient (Wildman–Crippen LogP) is 3.22. The molecular weight excluding hydrogens is 316 g/mol. The molecule has 0 radical (unpaired) electrons. The second-order valence-electron chi connectivity index (χ2n) is 6.86. The summed E-state index contributed by atoms with van der Waals surface area (Å²) in [5.74, 6) is 0.217. The number of rotatable bonds is 4. The molecule has 1 amide bonds. The predicted molar refractivity (Wildman–Crippen MR) is 89.7 cm³/mol. The van der Waals surface area contributed by atoms with E-state index in [2.05, 4.69) is 15.3 Å². The summed E-state index contributed by atoms with van der Waals surface area (Å²) in [5.41, 5.74) is 1.32. The highest BCUT2D eigenvalue weighted by Gasteiger charge is 2.28. The lowest BCUT2D eigenvalue weighted by molar-refractivity contribution is -0.119. The zero-order valence-corrected chi connectivity index (χ0v) is 14.3. The Bertz CT molecular complexity index is 760.